The summed E-state index contributed by atoms with van der Waals surface area (Å²) in [6.07, 6.45) is 6.62. The average Bonchev–Trinajstić information content (AvgIpc) is 3.74. The third kappa shape index (κ3) is 14.5. The second-order valence-corrected chi connectivity index (χ2v) is 16.7. The molecule has 4 heterocycles. The van der Waals surface area contributed by atoms with Crippen molar-refractivity contribution >= 4 is 40.5 Å². The number of nitrogens with zero attached hydrogens (tertiary/aromatic N) is 5. The maximum Gasteiger partial charge on any atom is 1.00 e. The first-order chi connectivity index (χ1) is 31.1. The molecule has 344 valence electrons. The molecular weight excluding hydrogens is 834 g/mol. The van der Waals surface area contributed by atoms with Crippen LogP contribution in [0.1, 0.15) is 76.3 Å². The fourth-order valence-electron chi connectivity index (χ4n) is 7.45. The van der Waals surface area contributed by atoms with Crippen LogP contribution in [-0.2, 0) is 19.2 Å². The van der Waals surface area contributed by atoms with Gasteiger partial charge in [0.2, 0.25) is 17.7 Å². The van der Waals surface area contributed by atoms with Crippen molar-refractivity contribution in [2.45, 2.75) is 77.3 Å². The summed E-state index contributed by atoms with van der Waals surface area (Å²) in [5.41, 5.74) is 7.27. The Morgan fingerprint density at radius 1 is 0.940 bits per heavy atom. The normalized spacial score (nSPS) is 14.6. The van der Waals surface area contributed by atoms with Gasteiger partial charge in [-0.2, -0.15) is 66.4 Å². The van der Waals surface area contributed by atoms with Crippen molar-refractivity contribution in [1.29, 1.82) is 5.26 Å². The smallest absolute Gasteiger partial charge is 0.374 e. The number of piperidine rings is 1. The van der Waals surface area contributed by atoms with Crippen LogP contribution in [0.15, 0.2) is 85.2 Å². The largest absolute Gasteiger partial charge is 1.00 e. The molecule has 0 spiro atoms. The molecule has 2 aromatic heterocycles. The number of anilines is 2. The number of fused-ring (bicyclic) bond motifs is 1. The topological polar surface area (TPSA) is 152 Å². The number of carbonyl (C=O) groups excluding carboxylic acids is 4. The van der Waals surface area contributed by atoms with E-state index in [-0.39, 0.29) is 85.5 Å². The minimum absolute atomic E-state index is 0. The van der Waals surface area contributed by atoms with E-state index < -0.39 is 11.5 Å². The summed E-state index contributed by atoms with van der Waals surface area (Å²) in [5, 5.41) is 22.0. The quantitative estimate of drug-likeness (QED) is 0.0983. The maximum absolute atomic E-state index is 14.1. The van der Waals surface area contributed by atoms with Gasteiger partial charge in [-0.3, -0.25) is 19.7 Å². The number of hydrogen-bond acceptors (Lipinski definition) is 8. The molecule has 3 N–H and O–H groups in total. The van der Waals surface area contributed by atoms with Crippen LogP contribution >= 0.6 is 0 Å². The van der Waals surface area contributed by atoms with Gasteiger partial charge >= 0.3 is 37.7 Å². The van der Waals surface area contributed by atoms with Crippen LogP contribution < -0.4 is 58.6 Å². The van der Waals surface area contributed by atoms with Crippen molar-refractivity contribution in [1.82, 2.24) is 25.1 Å². The number of rotatable bonds is 12. The van der Waals surface area contributed by atoms with E-state index in [0.717, 1.165) is 46.5 Å². The van der Waals surface area contributed by atoms with Crippen molar-refractivity contribution in [3.8, 4) is 28.3 Å². The predicted octanol–water partition coefficient (Wildman–Crippen LogP) is 2.37. The van der Waals surface area contributed by atoms with Gasteiger partial charge < -0.3 is 59.8 Å². The van der Waals surface area contributed by atoms with Gasteiger partial charge in [0.1, 0.15) is 17.9 Å². The Labute approximate surface area is 420 Å². The first-order valence-electron chi connectivity index (χ1n) is 21.9. The molecule has 7 rings (SSSR count). The molecule has 67 heavy (non-hydrogen) atoms. The molecule has 0 radical (unpaired) electrons. The molecule has 5 aromatic rings. The Hall–Kier alpha value is -5.49. The zero-order valence-corrected chi connectivity index (χ0v) is 39.7. The van der Waals surface area contributed by atoms with Crippen LogP contribution in [0.4, 0.5) is 15.8 Å². The van der Waals surface area contributed by atoms with E-state index in [1.165, 1.54) is 6.07 Å². The van der Waals surface area contributed by atoms with E-state index in [1.807, 2.05) is 51.2 Å². The number of halogens is 1. The first kappa shape index (κ1) is 55.8. The second kappa shape index (κ2) is 26.2. The number of benzene rings is 3. The van der Waals surface area contributed by atoms with Crippen molar-refractivity contribution in [3.05, 3.63) is 143 Å². The Morgan fingerprint density at radius 3 is 2.12 bits per heavy atom. The third-order valence-electron chi connectivity index (χ3n) is 11.7. The molecule has 4 amide bonds. The molecule has 15 heteroatoms. The molecular formula is C52H59FLi2N8O4-4. The average molecular weight is 893 g/mol. The van der Waals surface area contributed by atoms with Gasteiger partial charge in [0.25, 0.3) is 0 Å². The number of aromatic nitrogens is 2. The van der Waals surface area contributed by atoms with E-state index in [4.69, 9.17) is 0 Å². The Kier molecular flexibility index (Phi) is 21.8. The Bertz CT molecular complexity index is 2460. The van der Waals surface area contributed by atoms with Crippen LogP contribution in [0.3, 0.4) is 0 Å². The van der Waals surface area contributed by atoms with E-state index in [0.29, 0.717) is 62.0 Å². The SMILES string of the molecule is [CH2-]C(=O)N1CCN(c2ccc(-c3cc(-c4cc[c-]cc4)c4c(C#N)cnn4c3)cc2)CC1.[CH2-]CC(C)(C[CH2-])C(=O)NC(C)C.[CH2-]CC(C[CH2-])c1ccc(NC2CCC(=O)NC2=O)cc1F.[Li+].[Li+]. The van der Waals surface area contributed by atoms with Crippen LogP contribution in [0.2, 0.25) is 0 Å². The summed E-state index contributed by atoms with van der Waals surface area (Å²) in [6.45, 7) is 27.4. The standard InChI is InChI=1S/C26H21N5O.C16H19FN2O2.C10H19NO.2Li/c1-19(32)29-11-13-30(14-12-29)24-9-7-20(8-10-24)22-15-25(21-5-3-2-4-6-21)26-23(16-27)17-28-31(26)18-22;1-3-10(4-2)12-6-5-11(9-13(12)17)18-14-7-8-15(20)19-16(14)21;1-6-10(5,7-2)9(12)11-8(3)4;;/h3-10,15,17-18H,1,11-14H2;5-6,9-10,14,18H,1-4,7-8H2,(H,19,20,21);8H,1-2,6-7H2,3-5H3,(H,11,12);;/q3*-2;2*+1. The van der Waals surface area contributed by atoms with E-state index in [9.17, 15) is 28.8 Å². The molecule has 2 saturated heterocycles. The van der Waals surface area contributed by atoms with Crippen LogP contribution in [0.5, 0.6) is 0 Å². The minimum Gasteiger partial charge on any atom is -0.374 e. The van der Waals surface area contributed by atoms with Crippen molar-refractivity contribution < 1.29 is 61.3 Å². The van der Waals surface area contributed by atoms with Crippen LogP contribution in [-0.4, -0.2) is 76.4 Å². The molecule has 12 nitrogen and oxygen atoms in total. The zero-order chi connectivity index (χ0) is 47.3. The second-order valence-electron chi connectivity index (χ2n) is 16.7. The Morgan fingerprint density at radius 2 is 1.58 bits per heavy atom. The molecule has 0 bridgehead atoms. The number of nitriles is 1. The van der Waals surface area contributed by atoms with Crippen molar-refractivity contribution in [3.63, 3.8) is 0 Å². The van der Waals surface area contributed by atoms with Gasteiger partial charge in [-0.15, -0.1) is 5.56 Å². The summed E-state index contributed by atoms with van der Waals surface area (Å²) in [7, 11) is 0. The molecule has 3 aromatic carbocycles. The molecule has 2 aliphatic heterocycles. The predicted molar refractivity (Wildman–Crippen MR) is 254 cm³/mol. The number of amides is 4. The fourth-order valence-corrected chi connectivity index (χ4v) is 7.45. The van der Waals surface area contributed by atoms with Gasteiger partial charge in [0.15, 0.2) is 0 Å². The number of hydrogen-bond donors (Lipinski definition) is 3. The number of piperazine rings is 1. The third-order valence-corrected chi connectivity index (χ3v) is 11.7. The summed E-state index contributed by atoms with van der Waals surface area (Å²) in [6, 6.07) is 28.1. The maximum atomic E-state index is 14.1. The summed E-state index contributed by atoms with van der Waals surface area (Å²) in [5.74, 6) is -1.03. The van der Waals surface area contributed by atoms with E-state index >= 15 is 0 Å². The molecule has 2 fully saturated rings. The monoisotopic (exact) mass is 892 g/mol. The number of carbonyl (C=O) groups is 4. The summed E-state index contributed by atoms with van der Waals surface area (Å²) < 4.78 is 15.9. The van der Waals surface area contributed by atoms with Gasteiger partial charge in [0.05, 0.1) is 23.2 Å². The Balaban J connectivity index is 0.000000294. The fraction of sp³-hybridized carbons (Fsp3) is 0.327. The number of pyridine rings is 1. The zero-order valence-electron chi connectivity index (χ0n) is 39.7. The molecule has 1 atom stereocenters. The number of imide groups is 1. The van der Waals surface area contributed by atoms with Gasteiger partial charge in [0, 0.05) is 61.8 Å². The molecule has 2 aliphatic rings. The van der Waals surface area contributed by atoms with Gasteiger partial charge in [-0.25, -0.2) is 8.91 Å². The first-order valence-corrected chi connectivity index (χ1v) is 21.9. The van der Waals surface area contributed by atoms with Crippen LogP contribution in [0, 0.1) is 63.2 Å². The van der Waals surface area contributed by atoms with Crippen molar-refractivity contribution in [2.75, 3.05) is 36.4 Å². The van der Waals surface area contributed by atoms with Crippen molar-refractivity contribution in [2.24, 2.45) is 5.41 Å². The molecule has 0 saturated carbocycles. The molecule has 1 unspecified atom stereocenters. The number of nitrogens with one attached hydrogen (secondary N) is 3. The summed E-state index contributed by atoms with van der Waals surface area (Å²) >= 11 is 0. The minimum atomic E-state index is -0.510. The van der Waals surface area contributed by atoms with Gasteiger partial charge in [-0.05, 0) is 72.7 Å². The van der Waals surface area contributed by atoms with Gasteiger partial charge in [-0.1, -0.05) is 31.0 Å². The molecule has 0 aliphatic carbocycles. The summed E-state index contributed by atoms with van der Waals surface area (Å²) in [4.78, 5) is 49.8. The van der Waals surface area contributed by atoms with Crippen LogP contribution in [0.25, 0.3) is 27.8 Å². The van der Waals surface area contributed by atoms with E-state index in [2.05, 4.69) is 103 Å². The van der Waals surface area contributed by atoms with E-state index in [1.54, 1.807) is 27.7 Å².